The lowest BCUT2D eigenvalue weighted by Crippen LogP contribution is -2.48. The molecular weight excluding hydrogens is 290 g/mol. The van der Waals surface area contributed by atoms with Crippen LogP contribution in [0, 0.1) is 13.8 Å². The van der Waals surface area contributed by atoms with Gasteiger partial charge in [-0.05, 0) is 26.0 Å². The van der Waals surface area contributed by atoms with Crippen LogP contribution in [0.1, 0.15) is 21.7 Å². The molecule has 6 nitrogen and oxygen atoms in total. The van der Waals surface area contributed by atoms with Crippen LogP contribution in [0.5, 0.6) is 0 Å². The Morgan fingerprint density at radius 1 is 1.13 bits per heavy atom. The van der Waals surface area contributed by atoms with E-state index >= 15 is 0 Å². The number of Topliss-reactive ketones (excluding diaryl/α,β-unsaturated/α-hetero) is 1. The van der Waals surface area contributed by atoms with E-state index in [1.54, 1.807) is 12.4 Å². The lowest BCUT2D eigenvalue weighted by atomic mass is 10.1. The summed E-state index contributed by atoms with van der Waals surface area (Å²) in [5.41, 5.74) is 3.01. The summed E-state index contributed by atoms with van der Waals surface area (Å²) in [6, 6.07) is 3.81. The SMILES string of the molecule is Cc1cc(C(=O)CN2CCN(c3ncccn3)CC2)c(C)n1C. The highest BCUT2D eigenvalue weighted by Gasteiger charge is 2.22. The summed E-state index contributed by atoms with van der Waals surface area (Å²) < 4.78 is 2.07. The number of nitrogens with zero attached hydrogens (tertiary/aromatic N) is 5. The lowest BCUT2D eigenvalue weighted by Gasteiger charge is -2.34. The Bertz CT molecular complexity index is 687. The van der Waals surface area contributed by atoms with Crippen molar-refractivity contribution in [3.63, 3.8) is 0 Å². The number of ketones is 1. The van der Waals surface area contributed by atoms with Gasteiger partial charge < -0.3 is 9.47 Å². The molecule has 0 unspecified atom stereocenters. The van der Waals surface area contributed by atoms with Crippen molar-refractivity contribution in [2.75, 3.05) is 37.6 Å². The van der Waals surface area contributed by atoms with E-state index in [0.29, 0.717) is 6.54 Å². The van der Waals surface area contributed by atoms with Gasteiger partial charge in [-0.15, -0.1) is 0 Å². The molecule has 0 N–H and O–H groups in total. The van der Waals surface area contributed by atoms with Gasteiger partial charge in [0, 0.05) is 62.6 Å². The molecule has 2 aromatic rings. The zero-order valence-electron chi connectivity index (χ0n) is 14.0. The molecule has 122 valence electrons. The number of piperazine rings is 1. The molecule has 6 heteroatoms. The zero-order valence-corrected chi connectivity index (χ0v) is 14.0. The van der Waals surface area contributed by atoms with Gasteiger partial charge in [-0.3, -0.25) is 9.69 Å². The molecule has 23 heavy (non-hydrogen) atoms. The van der Waals surface area contributed by atoms with Crippen LogP contribution in [0.3, 0.4) is 0 Å². The van der Waals surface area contributed by atoms with Crippen molar-refractivity contribution in [1.82, 2.24) is 19.4 Å². The van der Waals surface area contributed by atoms with Gasteiger partial charge in [-0.25, -0.2) is 9.97 Å². The zero-order chi connectivity index (χ0) is 16.4. The van der Waals surface area contributed by atoms with Gasteiger partial charge in [0.05, 0.1) is 6.54 Å². The van der Waals surface area contributed by atoms with Crippen molar-refractivity contribution in [2.45, 2.75) is 13.8 Å². The minimum absolute atomic E-state index is 0.204. The molecule has 1 fully saturated rings. The van der Waals surface area contributed by atoms with E-state index in [0.717, 1.165) is 49.1 Å². The molecule has 3 heterocycles. The molecule has 1 saturated heterocycles. The summed E-state index contributed by atoms with van der Waals surface area (Å²) in [6.07, 6.45) is 3.53. The molecule has 0 bridgehead atoms. The van der Waals surface area contributed by atoms with Gasteiger partial charge in [-0.2, -0.15) is 0 Å². The number of aromatic nitrogens is 3. The molecule has 0 amide bonds. The van der Waals surface area contributed by atoms with E-state index in [4.69, 9.17) is 0 Å². The maximum atomic E-state index is 12.6. The second-order valence-corrected chi connectivity index (χ2v) is 6.08. The van der Waals surface area contributed by atoms with E-state index in [2.05, 4.69) is 24.3 Å². The molecule has 2 aromatic heterocycles. The lowest BCUT2D eigenvalue weighted by molar-refractivity contribution is 0.0925. The van der Waals surface area contributed by atoms with Crippen LogP contribution >= 0.6 is 0 Å². The highest BCUT2D eigenvalue weighted by atomic mass is 16.1. The number of aryl methyl sites for hydroxylation is 1. The summed E-state index contributed by atoms with van der Waals surface area (Å²) >= 11 is 0. The number of hydrogen-bond donors (Lipinski definition) is 0. The first-order valence-corrected chi connectivity index (χ1v) is 7.96. The van der Waals surface area contributed by atoms with Crippen molar-refractivity contribution < 1.29 is 4.79 Å². The number of rotatable bonds is 4. The molecule has 3 rings (SSSR count). The fraction of sp³-hybridized carbons (Fsp3) is 0.471. The Hall–Kier alpha value is -2.21. The average molecular weight is 313 g/mol. The van der Waals surface area contributed by atoms with Gasteiger partial charge >= 0.3 is 0 Å². The van der Waals surface area contributed by atoms with Crippen LogP contribution in [0.15, 0.2) is 24.5 Å². The Balaban J connectivity index is 1.58. The van der Waals surface area contributed by atoms with Crippen LogP contribution in [0.2, 0.25) is 0 Å². The predicted octanol–water partition coefficient (Wildman–Crippen LogP) is 1.44. The molecule has 0 aromatic carbocycles. The topological polar surface area (TPSA) is 54.3 Å². The van der Waals surface area contributed by atoms with E-state index in [1.165, 1.54) is 0 Å². The molecule has 1 aliphatic heterocycles. The Morgan fingerprint density at radius 3 is 2.35 bits per heavy atom. The fourth-order valence-corrected chi connectivity index (χ4v) is 2.99. The Labute approximate surface area is 136 Å². The second kappa shape index (κ2) is 6.50. The third-order valence-corrected chi connectivity index (χ3v) is 4.65. The minimum atomic E-state index is 0.204. The predicted molar refractivity (Wildman–Crippen MR) is 89.9 cm³/mol. The normalized spacial score (nSPS) is 15.9. The smallest absolute Gasteiger partial charge is 0.225 e. The maximum Gasteiger partial charge on any atom is 0.225 e. The van der Waals surface area contributed by atoms with E-state index in [1.807, 2.05) is 33.0 Å². The van der Waals surface area contributed by atoms with Crippen molar-refractivity contribution >= 4 is 11.7 Å². The van der Waals surface area contributed by atoms with Crippen molar-refractivity contribution in [3.8, 4) is 0 Å². The molecule has 1 aliphatic rings. The van der Waals surface area contributed by atoms with E-state index < -0.39 is 0 Å². The summed E-state index contributed by atoms with van der Waals surface area (Å²) in [4.78, 5) is 25.5. The maximum absolute atomic E-state index is 12.6. The molecule has 0 atom stereocenters. The quantitative estimate of drug-likeness (QED) is 0.800. The van der Waals surface area contributed by atoms with Crippen molar-refractivity contribution in [2.24, 2.45) is 7.05 Å². The van der Waals surface area contributed by atoms with Crippen LogP contribution in [0.25, 0.3) is 0 Å². The summed E-state index contributed by atoms with van der Waals surface area (Å²) in [5, 5.41) is 0. The molecule has 0 aliphatic carbocycles. The molecule has 0 spiro atoms. The van der Waals surface area contributed by atoms with Crippen LogP contribution in [-0.4, -0.2) is 57.9 Å². The first kappa shape index (κ1) is 15.7. The fourth-order valence-electron chi connectivity index (χ4n) is 2.99. The van der Waals surface area contributed by atoms with Crippen molar-refractivity contribution in [1.29, 1.82) is 0 Å². The number of carbonyl (C=O) groups excluding carboxylic acids is 1. The Morgan fingerprint density at radius 2 is 1.78 bits per heavy atom. The third kappa shape index (κ3) is 3.27. The number of carbonyl (C=O) groups is 1. The van der Waals surface area contributed by atoms with Crippen LogP contribution < -0.4 is 4.90 Å². The summed E-state index contributed by atoms with van der Waals surface area (Å²) in [5.74, 6) is 0.976. The van der Waals surface area contributed by atoms with E-state index in [9.17, 15) is 4.79 Å². The number of hydrogen-bond acceptors (Lipinski definition) is 5. The molecular formula is C17H23N5O. The van der Waals surface area contributed by atoms with Gasteiger partial charge in [0.1, 0.15) is 0 Å². The highest BCUT2D eigenvalue weighted by Crippen LogP contribution is 2.15. The van der Waals surface area contributed by atoms with Crippen LogP contribution in [0.4, 0.5) is 5.95 Å². The Kier molecular flexibility index (Phi) is 4.43. The van der Waals surface area contributed by atoms with E-state index in [-0.39, 0.29) is 5.78 Å². The van der Waals surface area contributed by atoms with Crippen molar-refractivity contribution in [3.05, 3.63) is 41.5 Å². The second-order valence-electron chi connectivity index (χ2n) is 6.08. The third-order valence-electron chi connectivity index (χ3n) is 4.65. The average Bonchev–Trinajstić information content (AvgIpc) is 2.84. The standard InChI is InChI=1S/C17H23N5O/c1-13-11-15(14(2)20(13)3)16(23)12-21-7-9-22(10-8-21)17-18-5-4-6-19-17/h4-6,11H,7-10,12H2,1-3H3. The highest BCUT2D eigenvalue weighted by molar-refractivity contribution is 5.99. The first-order valence-electron chi connectivity index (χ1n) is 7.96. The minimum Gasteiger partial charge on any atom is -0.351 e. The monoisotopic (exact) mass is 313 g/mol. The molecule has 0 saturated carbocycles. The molecule has 0 radical (unpaired) electrons. The summed E-state index contributed by atoms with van der Waals surface area (Å²) in [7, 11) is 2.00. The largest absolute Gasteiger partial charge is 0.351 e. The van der Waals surface area contributed by atoms with Crippen LogP contribution in [-0.2, 0) is 7.05 Å². The number of anilines is 1. The van der Waals surface area contributed by atoms with Gasteiger partial charge in [0.2, 0.25) is 5.95 Å². The van der Waals surface area contributed by atoms with Gasteiger partial charge in [0.15, 0.2) is 5.78 Å². The van der Waals surface area contributed by atoms with Gasteiger partial charge in [-0.1, -0.05) is 0 Å². The van der Waals surface area contributed by atoms with Gasteiger partial charge in [0.25, 0.3) is 0 Å². The summed E-state index contributed by atoms with van der Waals surface area (Å²) in [6.45, 7) is 7.93. The first-order chi connectivity index (χ1) is 11.1.